The SMILES string of the molecule is CC(=O)N1CCC(CN[C@H](C)[C@@H](C)n2cc(C)cn2)CC1. The molecule has 2 heterocycles. The number of nitrogens with one attached hydrogen (secondary N) is 1. The molecular weight excluding hydrogens is 264 g/mol. The molecule has 0 spiro atoms. The first-order valence-electron chi connectivity index (χ1n) is 7.97. The van der Waals surface area contributed by atoms with Crippen molar-refractivity contribution in [1.29, 1.82) is 0 Å². The van der Waals surface area contributed by atoms with E-state index in [1.54, 1.807) is 6.92 Å². The Morgan fingerprint density at radius 1 is 1.43 bits per heavy atom. The first-order valence-corrected chi connectivity index (χ1v) is 7.97. The summed E-state index contributed by atoms with van der Waals surface area (Å²) in [5.41, 5.74) is 1.20. The topological polar surface area (TPSA) is 50.2 Å². The van der Waals surface area contributed by atoms with Gasteiger partial charge in [-0.2, -0.15) is 5.10 Å². The van der Waals surface area contributed by atoms with E-state index in [2.05, 4.69) is 37.4 Å². The zero-order valence-corrected chi connectivity index (χ0v) is 13.7. The van der Waals surface area contributed by atoms with Gasteiger partial charge in [0.05, 0.1) is 12.2 Å². The molecule has 0 aromatic carbocycles. The molecule has 1 aromatic heterocycles. The Labute approximate surface area is 127 Å². The van der Waals surface area contributed by atoms with Gasteiger partial charge in [0.15, 0.2) is 0 Å². The van der Waals surface area contributed by atoms with Crippen molar-refractivity contribution in [1.82, 2.24) is 20.0 Å². The van der Waals surface area contributed by atoms with Crippen molar-refractivity contribution in [2.24, 2.45) is 5.92 Å². The Morgan fingerprint density at radius 3 is 2.62 bits per heavy atom. The lowest BCUT2D eigenvalue weighted by Gasteiger charge is -2.32. The Balaban J connectivity index is 1.74. The Kier molecular flexibility index (Phi) is 5.39. The van der Waals surface area contributed by atoms with Gasteiger partial charge < -0.3 is 10.2 Å². The summed E-state index contributed by atoms with van der Waals surface area (Å²) in [6, 6.07) is 0.728. The van der Waals surface area contributed by atoms with Crippen LogP contribution in [0.15, 0.2) is 12.4 Å². The second kappa shape index (κ2) is 7.07. The van der Waals surface area contributed by atoms with Gasteiger partial charge in [0.1, 0.15) is 0 Å². The molecule has 1 fully saturated rings. The third-order valence-electron chi connectivity index (χ3n) is 4.66. The normalized spacial score (nSPS) is 19.5. The highest BCUT2D eigenvalue weighted by atomic mass is 16.2. The molecule has 0 aliphatic carbocycles. The molecule has 1 aliphatic heterocycles. The number of hydrogen-bond donors (Lipinski definition) is 1. The predicted molar refractivity (Wildman–Crippen MR) is 84.1 cm³/mol. The number of likely N-dealkylation sites (tertiary alicyclic amines) is 1. The van der Waals surface area contributed by atoms with Gasteiger partial charge in [-0.15, -0.1) is 0 Å². The molecule has 21 heavy (non-hydrogen) atoms. The molecule has 2 rings (SSSR count). The molecule has 0 bridgehead atoms. The Morgan fingerprint density at radius 2 is 2.10 bits per heavy atom. The molecule has 5 heteroatoms. The minimum atomic E-state index is 0.206. The van der Waals surface area contributed by atoms with E-state index >= 15 is 0 Å². The number of carbonyl (C=O) groups is 1. The minimum Gasteiger partial charge on any atom is -0.343 e. The summed E-state index contributed by atoms with van der Waals surface area (Å²) in [4.78, 5) is 13.3. The van der Waals surface area contributed by atoms with E-state index in [1.807, 2.05) is 15.8 Å². The van der Waals surface area contributed by atoms with Crippen molar-refractivity contribution in [3.8, 4) is 0 Å². The Hall–Kier alpha value is -1.36. The van der Waals surface area contributed by atoms with Crippen LogP contribution in [0, 0.1) is 12.8 Å². The average Bonchev–Trinajstić information content (AvgIpc) is 2.91. The summed E-state index contributed by atoms with van der Waals surface area (Å²) in [6.07, 6.45) is 6.21. The second-order valence-corrected chi connectivity index (χ2v) is 6.38. The molecule has 118 valence electrons. The monoisotopic (exact) mass is 292 g/mol. The molecule has 1 aliphatic rings. The summed E-state index contributed by atoms with van der Waals surface area (Å²) in [5, 5.41) is 8.03. The van der Waals surface area contributed by atoms with Crippen LogP contribution in [0.25, 0.3) is 0 Å². The average molecular weight is 292 g/mol. The van der Waals surface area contributed by atoms with Crippen LogP contribution in [0.3, 0.4) is 0 Å². The van der Waals surface area contributed by atoms with Crippen LogP contribution >= 0.6 is 0 Å². The van der Waals surface area contributed by atoms with Gasteiger partial charge >= 0.3 is 0 Å². The molecule has 1 amide bonds. The second-order valence-electron chi connectivity index (χ2n) is 6.38. The number of hydrogen-bond acceptors (Lipinski definition) is 3. The summed E-state index contributed by atoms with van der Waals surface area (Å²) >= 11 is 0. The lowest BCUT2D eigenvalue weighted by molar-refractivity contribution is -0.130. The van der Waals surface area contributed by atoms with Crippen LogP contribution in [0.2, 0.25) is 0 Å². The molecule has 0 radical (unpaired) electrons. The highest BCUT2D eigenvalue weighted by Gasteiger charge is 2.22. The number of aromatic nitrogens is 2. The van der Waals surface area contributed by atoms with Gasteiger partial charge in [-0.25, -0.2) is 0 Å². The highest BCUT2D eigenvalue weighted by Crippen LogP contribution is 2.18. The van der Waals surface area contributed by atoms with Gasteiger partial charge in [-0.1, -0.05) is 0 Å². The van der Waals surface area contributed by atoms with E-state index in [0.29, 0.717) is 18.0 Å². The Bertz CT molecular complexity index is 463. The number of carbonyl (C=O) groups excluding carboxylic acids is 1. The largest absolute Gasteiger partial charge is 0.343 e. The van der Waals surface area contributed by atoms with E-state index < -0.39 is 0 Å². The summed E-state index contributed by atoms with van der Waals surface area (Å²) in [5.74, 6) is 0.882. The number of amides is 1. The maximum Gasteiger partial charge on any atom is 0.219 e. The molecular formula is C16H28N4O. The standard InChI is InChI=1S/C16H28N4O/c1-12-9-18-20(11-12)14(3)13(2)17-10-16-5-7-19(8-6-16)15(4)21/h9,11,13-14,16-17H,5-8,10H2,1-4H3/t13-,14-/m1/s1. The van der Waals surface area contributed by atoms with Crippen molar-refractivity contribution >= 4 is 5.91 Å². The van der Waals surface area contributed by atoms with E-state index in [-0.39, 0.29) is 5.91 Å². The smallest absolute Gasteiger partial charge is 0.219 e. The number of nitrogens with zero attached hydrogens (tertiary/aromatic N) is 3. The first-order chi connectivity index (χ1) is 9.97. The fraction of sp³-hybridized carbons (Fsp3) is 0.750. The molecule has 0 unspecified atom stereocenters. The summed E-state index contributed by atoms with van der Waals surface area (Å²) in [6.45, 7) is 11.0. The van der Waals surface area contributed by atoms with Crippen LogP contribution in [-0.2, 0) is 4.79 Å². The van der Waals surface area contributed by atoms with E-state index in [1.165, 1.54) is 5.56 Å². The fourth-order valence-corrected chi connectivity index (χ4v) is 2.86. The molecule has 1 aromatic rings. The van der Waals surface area contributed by atoms with Crippen molar-refractivity contribution in [3.63, 3.8) is 0 Å². The van der Waals surface area contributed by atoms with Crippen molar-refractivity contribution in [2.75, 3.05) is 19.6 Å². The van der Waals surface area contributed by atoms with Crippen molar-refractivity contribution < 1.29 is 4.79 Å². The van der Waals surface area contributed by atoms with Crippen LogP contribution in [0.4, 0.5) is 0 Å². The molecule has 1 saturated heterocycles. The van der Waals surface area contributed by atoms with E-state index in [0.717, 1.165) is 32.5 Å². The minimum absolute atomic E-state index is 0.206. The summed E-state index contributed by atoms with van der Waals surface area (Å²) < 4.78 is 2.03. The number of piperidine rings is 1. The molecule has 1 N–H and O–H groups in total. The first kappa shape index (κ1) is 16.0. The van der Waals surface area contributed by atoms with Crippen LogP contribution in [0.1, 0.15) is 45.2 Å². The zero-order chi connectivity index (χ0) is 15.4. The quantitative estimate of drug-likeness (QED) is 0.903. The van der Waals surface area contributed by atoms with Crippen molar-refractivity contribution in [2.45, 2.75) is 52.6 Å². The van der Waals surface area contributed by atoms with Gasteiger partial charge in [-0.3, -0.25) is 9.48 Å². The zero-order valence-electron chi connectivity index (χ0n) is 13.7. The lowest BCUT2D eigenvalue weighted by Crippen LogP contribution is -2.42. The molecule has 0 saturated carbocycles. The molecule has 5 nitrogen and oxygen atoms in total. The van der Waals surface area contributed by atoms with Crippen LogP contribution in [-0.4, -0.2) is 46.3 Å². The number of rotatable bonds is 5. The van der Waals surface area contributed by atoms with Crippen LogP contribution < -0.4 is 5.32 Å². The van der Waals surface area contributed by atoms with Crippen molar-refractivity contribution in [3.05, 3.63) is 18.0 Å². The van der Waals surface area contributed by atoms with E-state index in [9.17, 15) is 4.79 Å². The van der Waals surface area contributed by atoms with Gasteiger partial charge in [-0.05, 0) is 51.6 Å². The van der Waals surface area contributed by atoms with E-state index in [4.69, 9.17) is 0 Å². The lowest BCUT2D eigenvalue weighted by atomic mass is 9.96. The maximum atomic E-state index is 11.3. The molecule has 2 atom stereocenters. The van der Waals surface area contributed by atoms with Crippen LogP contribution in [0.5, 0.6) is 0 Å². The number of aryl methyl sites for hydroxylation is 1. The predicted octanol–water partition coefficient (Wildman–Crippen LogP) is 1.99. The fourth-order valence-electron chi connectivity index (χ4n) is 2.86. The third kappa shape index (κ3) is 4.30. The highest BCUT2D eigenvalue weighted by molar-refractivity contribution is 5.73. The maximum absolute atomic E-state index is 11.3. The van der Waals surface area contributed by atoms with Gasteiger partial charge in [0.25, 0.3) is 0 Å². The van der Waals surface area contributed by atoms with Gasteiger partial charge in [0, 0.05) is 32.3 Å². The third-order valence-corrected chi connectivity index (χ3v) is 4.66. The van der Waals surface area contributed by atoms with Gasteiger partial charge in [0.2, 0.25) is 5.91 Å². The summed E-state index contributed by atoms with van der Waals surface area (Å²) in [7, 11) is 0.